The van der Waals surface area contributed by atoms with E-state index in [0.717, 1.165) is 34.2 Å². The van der Waals surface area contributed by atoms with E-state index in [1.807, 2.05) is 20.8 Å². The van der Waals surface area contributed by atoms with Crippen LogP contribution in [0.1, 0.15) is 34.2 Å². The van der Waals surface area contributed by atoms with Gasteiger partial charge in [0.2, 0.25) is 0 Å². The molecule has 0 unspecified atom stereocenters. The number of H-pyrrole nitrogens is 3. The van der Waals surface area contributed by atoms with Crippen LogP contribution >= 0.6 is 24.0 Å². The fraction of sp³-hybridized carbons (Fsp3) is 0.400. The Bertz CT molecular complexity index is 669. The molecule has 24 heavy (non-hydrogen) atoms. The standard InChI is InChI=1S/C15H21BN6.I.Pd/c1-7-13(8(2)18-17-7)16(14-9(3)19-20-10(14)4)15-11(5)21-22-12(15)6;;/h1-6H3,(H,17,18)(H,19,20)(H,21,22);;. The van der Waals surface area contributed by atoms with Crippen molar-refractivity contribution in [1.29, 1.82) is 0 Å². The molecule has 3 rings (SSSR count). The molecule has 0 fully saturated rings. The summed E-state index contributed by atoms with van der Waals surface area (Å²) in [5.41, 5.74) is 9.93. The Morgan fingerprint density at radius 2 is 0.833 bits per heavy atom. The summed E-state index contributed by atoms with van der Waals surface area (Å²) in [6, 6.07) is 0. The van der Waals surface area contributed by atoms with Crippen LogP contribution in [0.5, 0.6) is 0 Å². The SMILES string of the molecule is Cc1n[nH]c(C)c1B(c1c(C)n[nH]c1C)c1c(C)n[nH]c1C.[I].[Pd]. The summed E-state index contributed by atoms with van der Waals surface area (Å²) in [5.74, 6) is 0. The van der Waals surface area contributed by atoms with Crippen molar-refractivity contribution in [3.8, 4) is 0 Å². The summed E-state index contributed by atoms with van der Waals surface area (Å²) in [7, 11) is 0. The molecule has 0 spiro atoms. The molecule has 0 amide bonds. The Balaban J connectivity index is 0.00000144. The first-order valence-corrected chi connectivity index (χ1v) is 7.46. The molecule has 0 aliphatic rings. The van der Waals surface area contributed by atoms with E-state index >= 15 is 0 Å². The quantitative estimate of drug-likeness (QED) is 0.351. The van der Waals surface area contributed by atoms with Crippen molar-refractivity contribution in [1.82, 2.24) is 30.6 Å². The Morgan fingerprint density at radius 1 is 0.583 bits per heavy atom. The molecule has 3 heterocycles. The van der Waals surface area contributed by atoms with Crippen LogP contribution in [0.25, 0.3) is 0 Å². The van der Waals surface area contributed by atoms with E-state index in [2.05, 4.69) is 51.4 Å². The van der Waals surface area contributed by atoms with E-state index in [1.54, 1.807) is 0 Å². The summed E-state index contributed by atoms with van der Waals surface area (Å²) in [5, 5.41) is 22.5. The normalized spacial score (nSPS) is 10.2. The fourth-order valence-electron chi connectivity index (χ4n) is 3.39. The number of hydrogen-bond acceptors (Lipinski definition) is 3. The number of rotatable bonds is 3. The number of aryl methyl sites for hydroxylation is 6. The molecule has 0 aliphatic carbocycles. The van der Waals surface area contributed by atoms with Gasteiger partial charge in [0.05, 0.1) is 17.1 Å². The molecule has 1 radical (unpaired) electrons. The Hall–Kier alpha value is -0.913. The van der Waals surface area contributed by atoms with Crippen molar-refractivity contribution in [2.75, 3.05) is 0 Å². The molecule has 3 aromatic heterocycles. The van der Waals surface area contributed by atoms with Gasteiger partial charge in [-0.1, -0.05) is 0 Å². The van der Waals surface area contributed by atoms with Crippen LogP contribution in [0.15, 0.2) is 0 Å². The van der Waals surface area contributed by atoms with Crippen LogP contribution in [0.3, 0.4) is 0 Å². The van der Waals surface area contributed by atoms with Crippen molar-refractivity contribution < 1.29 is 20.4 Å². The minimum Gasteiger partial charge on any atom is -0.283 e. The molecular weight excluding hydrogens is 508 g/mol. The Morgan fingerprint density at radius 3 is 1.00 bits per heavy atom. The van der Waals surface area contributed by atoms with E-state index in [9.17, 15) is 0 Å². The Labute approximate surface area is 173 Å². The second kappa shape index (κ2) is 7.98. The number of nitrogens with one attached hydrogen (secondary N) is 3. The summed E-state index contributed by atoms with van der Waals surface area (Å²) >= 11 is 0. The van der Waals surface area contributed by atoms with Gasteiger partial charge in [0.1, 0.15) is 0 Å². The van der Waals surface area contributed by atoms with Gasteiger partial charge >= 0.3 is 0 Å². The first kappa shape index (κ1) is 21.1. The van der Waals surface area contributed by atoms with Gasteiger partial charge in [-0.2, -0.15) is 15.3 Å². The molecule has 9 heteroatoms. The summed E-state index contributed by atoms with van der Waals surface area (Å²) in [6.45, 7) is 12.4. The maximum absolute atomic E-state index is 4.39. The molecule has 0 atom stereocenters. The van der Waals surface area contributed by atoms with Crippen LogP contribution in [0.4, 0.5) is 0 Å². The average molecular weight is 530 g/mol. The molecule has 0 saturated heterocycles. The molecular formula is C15H21BIN6Pd. The number of hydrogen-bond donors (Lipinski definition) is 3. The summed E-state index contributed by atoms with van der Waals surface area (Å²) < 4.78 is 0. The monoisotopic (exact) mass is 529 g/mol. The van der Waals surface area contributed by atoms with Gasteiger partial charge in [0.25, 0.3) is 6.71 Å². The van der Waals surface area contributed by atoms with Crippen LogP contribution in [0.2, 0.25) is 0 Å². The van der Waals surface area contributed by atoms with Gasteiger partial charge in [-0.15, -0.1) is 0 Å². The fourth-order valence-corrected chi connectivity index (χ4v) is 3.39. The molecule has 131 valence electrons. The van der Waals surface area contributed by atoms with Crippen molar-refractivity contribution >= 4 is 47.1 Å². The van der Waals surface area contributed by atoms with Crippen molar-refractivity contribution in [2.24, 2.45) is 0 Å². The molecule has 6 nitrogen and oxygen atoms in total. The van der Waals surface area contributed by atoms with Gasteiger partial charge in [-0.25, -0.2) is 0 Å². The van der Waals surface area contributed by atoms with E-state index in [4.69, 9.17) is 0 Å². The topological polar surface area (TPSA) is 86.0 Å². The van der Waals surface area contributed by atoms with Crippen LogP contribution < -0.4 is 16.4 Å². The van der Waals surface area contributed by atoms with E-state index in [0.29, 0.717) is 0 Å². The van der Waals surface area contributed by atoms with Crippen molar-refractivity contribution in [3.05, 3.63) is 34.2 Å². The predicted molar refractivity (Wildman–Crippen MR) is 103 cm³/mol. The van der Waals surface area contributed by atoms with E-state index in [1.165, 1.54) is 16.4 Å². The molecule has 0 aromatic carbocycles. The number of halogens is 1. The predicted octanol–water partition coefficient (Wildman–Crippen LogP) is 1.11. The average Bonchev–Trinajstić information content (AvgIpc) is 3.08. The third-order valence-corrected chi connectivity index (χ3v) is 4.42. The van der Waals surface area contributed by atoms with E-state index in [-0.39, 0.29) is 51.1 Å². The zero-order chi connectivity index (χ0) is 16.0. The molecule has 0 aliphatic heterocycles. The smallest absolute Gasteiger partial charge is 0.255 e. The van der Waals surface area contributed by atoms with E-state index < -0.39 is 0 Å². The van der Waals surface area contributed by atoms with Gasteiger partial charge in [0, 0.05) is 61.5 Å². The summed E-state index contributed by atoms with van der Waals surface area (Å²) in [6.07, 6.45) is 0. The molecule has 0 saturated carbocycles. The van der Waals surface area contributed by atoms with Gasteiger partial charge in [-0.3, -0.25) is 15.3 Å². The zero-order valence-electron chi connectivity index (χ0n) is 14.6. The Kier molecular flexibility index (Phi) is 7.02. The van der Waals surface area contributed by atoms with Crippen molar-refractivity contribution in [3.63, 3.8) is 0 Å². The maximum Gasteiger partial charge on any atom is 0.255 e. The third-order valence-electron chi connectivity index (χ3n) is 4.42. The second-order valence-corrected chi connectivity index (χ2v) is 5.98. The molecule has 3 aromatic rings. The van der Waals surface area contributed by atoms with Crippen molar-refractivity contribution in [2.45, 2.75) is 41.5 Å². The largest absolute Gasteiger partial charge is 0.283 e. The minimum atomic E-state index is 0. The first-order chi connectivity index (χ1) is 10.4. The minimum absolute atomic E-state index is 0. The number of nitrogens with zero attached hydrogens (tertiary/aromatic N) is 3. The number of aromatic amines is 3. The molecule has 0 bridgehead atoms. The van der Waals surface area contributed by atoms with Crippen LogP contribution in [0, 0.1) is 41.5 Å². The third kappa shape index (κ3) is 3.39. The van der Waals surface area contributed by atoms with Gasteiger partial charge in [-0.05, 0) is 57.9 Å². The van der Waals surface area contributed by atoms with Crippen LogP contribution in [-0.2, 0) is 20.4 Å². The number of aromatic nitrogens is 6. The zero-order valence-corrected chi connectivity index (χ0v) is 18.3. The molecule has 3 N–H and O–H groups in total. The van der Waals surface area contributed by atoms with Crippen LogP contribution in [-0.4, -0.2) is 37.3 Å². The van der Waals surface area contributed by atoms with Gasteiger partial charge < -0.3 is 0 Å². The first-order valence-electron chi connectivity index (χ1n) is 7.46. The maximum atomic E-state index is 4.39. The van der Waals surface area contributed by atoms with Gasteiger partial charge in [0.15, 0.2) is 0 Å². The second-order valence-electron chi connectivity index (χ2n) is 5.98. The summed E-state index contributed by atoms with van der Waals surface area (Å²) in [4.78, 5) is 0.